The van der Waals surface area contributed by atoms with E-state index in [1.807, 2.05) is 61.5 Å². The third-order valence-electron chi connectivity index (χ3n) is 6.23. The summed E-state index contributed by atoms with van der Waals surface area (Å²) in [6.07, 6.45) is -4.84. The van der Waals surface area contributed by atoms with Crippen LogP contribution in [0.3, 0.4) is 0 Å². The molecule has 0 unspecified atom stereocenters. The van der Waals surface area contributed by atoms with E-state index in [4.69, 9.17) is 21.1 Å². The van der Waals surface area contributed by atoms with Gasteiger partial charge in [0.2, 0.25) is 0 Å². The molecule has 0 spiro atoms. The molecule has 1 aliphatic heterocycles. The topological polar surface area (TPSA) is 99.4 Å². The maximum Gasteiger partial charge on any atom is 0.119 e. The van der Waals surface area contributed by atoms with Crippen LogP contribution in [0.5, 0.6) is 5.75 Å². The molecule has 4 rings (SSSR count). The Hall–Kier alpha value is -2.10. The van der Waals surface area contributed by atoms with E-state index in [9.17, 15) is 20.4 Å². The first-order valence-electron chi connectivity index (χ1n) is 11.9. The van der Waals surface area contributed by atoms with Gasteiger partial charge in [0.25, 0.3) is 0 Å². The highest BCUT2D eigenvalue weighted by Crippen LogP contribution is 2.36. The van der Waals surface area contributed by atoms with Crippen molar-refractivity contribution in [3.05, 3.63) is 94.0 Å². The zero-order chi connectivity index (χ0) is 25.7. The van der Waals surface area contributed by atoms with Crippen LogP contribution in [-0.4, -0.2) is 57.2 Å². The van der Waals surface area contributed by atoms with Crippen molar-refractivity contribution < 1.29 is 29.9 Å². The molecule has 1 saturated heterocycles. The summed E-state index contributed by atoms with van der Waals surface area (Å²) in [4.78, 5) is 0.915. The Morgan fingerprint density at radius 1 is 0.917 bits per heavy atom. The van der Waals surface area contributed by atoms with Crippen molar-refractivity contribution in [3.63, 3.8) is 0 Å². The number of rotatable bonds is 9. The first kappa shape index (κ1) is 26.9. The molecule has 0 amide bonds. The monoisotopic (exact) mass is 530 g/mol. The number of hydrogen-bond donors (Lipinski definition) is 4. The minimum atomic E-state index is -1.36. The lowest BCUT2D eigenvalue weighted by molar-refractivity contribution is -0.218. The molecule has 3 aromatic carbocycles. The van der Waals surface area contributed by atoms with Gasteiger partial charge in [-0.15, -0.1) is 11.8 Å². The Morgan fingerprint density at radius 3 is 2.42 bits per heavy atom. The third-order valence-corrected chi connectivity index (χ3v) is 7.69. The summed E-state index contributed by atoms with van der Waals surface area (Å²) in [7, 11) is 0. The normalized spacial score (nSPS) is 24.0. The smallest absolute Gasteiger partial charge is 0.119 e. The van der Waals surface area contributed by atoms with Gasteiger partial charge in [-0.05, 0) is 65.9 Å². The van der Waals surface area contributed by atoms with Crippen LogP contribution in [0.15, 0.2) is 71.6 Å². The Morgan fingerprint density at radius 2 is 1.69 bits per heavy atom. The van der Waals surface area contributed by atoms with Crippen molar-refractivity contribution in [3.8, 4) is 5.75 Å². The molecule has 0 radical (unpaired) electrons. The van der Waals surface area contributed by atoms with Crippen LogP contribution in [0, 0.1) is 0 Å². The van der Waals surface area contributed by atoms with E-state index in [0.717, 1.165) is 27.3 Å². The van der Waals surface area contributed by atoms with Crippen molar-refractivity contribution in [2.45, 2.75) is 55.4 Å². The summed E-state index contributed by atoms with van der Waals surface area (Å²) in [5.41, 5.74) is 3.38. The minimum absolute atomic E-state index is 0.0561. The number of ether oxygens (including phenoxy) is 2. The molecule has 0 aliphatic carbocycles. The fourth-order valence-electron chi connectivity index (χ4n) is 4.27. The highest BCUT2D eigenvalue weighted by molar-refractivity contribution is 7.99. The van der Waals surface area contributed by atoms with E-state index in [0.29, 0.717) is 29.4 Å². The summed E-state index contributed by atoms with van der Waals surface area (Å²) in [6, 6.07) is 20.7. The van der Waals surface area contributed by atoms with Crippen LogP contribution >= 0.6 is 23.4 Å². The van der Waals surface area contributed by atoms with E-state index in [1.165, 1.54) is 11.8 Å². The Balaban J connectivity index is 1.50. The third kappa shape index (κ3) is 6.42. The molecule has 0 saturated carbocycles. The van der Waals surface area contributed by atoms with Gasteiger partial charge in [0.15, 0.2) is 0 Å². The fraction of sp³-hybridized carbons (Fsp3) is 0.357. The van der Waals surface area contributed by atoms with Gasteiger partial charge in [-0.25, -0.2) is 0 Å². The first-order chi connectivity index (χ1) is 17.4. The molecule has 36 heavy (non-hydrogen) atoms. The highest BCUT2D eigenvalue weighted by atomic mass is 35.5. The van der Waals surface area contributed by atoms with Gasteiger partial charge < -0.3 is 29.9 Å². The minimum Gasteiger partial charge on any atom is -0.494 e. The molecule has 1 fully saturated rings. The molecule has 8 heteroatoms. The summed E-state index contributed by atoms with van der Waals surface area (Å²) in [5.74, 6) is 1.17. The molecule has 4 N–H and O–H groups in total. The summed E-state index contributed by atoms with van der Waals surface area (Å²) < 4.78 is 11.6. The Bertz CT molecular complexity index is 1140. The summed E-state index contributed by atoms with van der Waals surface area (Å²) in [5, 5.41) is 41.9. The zero-order valence-corrected chi connectivity index (χ0v) is 21.5. The van der Waals surface area contributed by atoms with E-state index in [2.05, 4.69) is 0 Å². The van der Waals surface area contributed by atoms with Crippen molar-refractivity contribution in [1.82, 2.24) is 0 Å². The molecule has 5 atom stereocenters. The van der Waals surface area contributed by atoms with Crippen LogP contribution in [0.4, 0.5) is 0 Å². The first-order valence-corrected chi connectivity index (χ1v) is 13.3. The van der Waals surface area contributed by atoms with E-state index >= 15 is 0 Å². The Kier molecular flexibility index (Phi) is 9.30. The van der Waals surface area contributed by atoms with Gasteiger partial charge in [-0.3, -0.25) is 0 Å². The predicted octanol–water partition coefficient (Wildman–Crippen LogP) is 4.14. The maximum absolute atomic E-state index is 10.7. The standard InChI is InChI=1S/C28H31ClO6S/c1-2-34-21-9-6-17(7-10-21)12-20-14-19(8-11-23(20)29)28-27(33)26(32)25(31)24(35-28)16-36-22-5-3-4-18(13-22)15-30/h3-11,13-14,24-28,30-33H,2,12,15-16H2,1H3/t24-,25-,26+,27-,28+/m1/s1. The molecule has 3 aromatic rings. The number of benzene rings is 3. The number of halogens is 1. The van der Waals surface area contributed by atoms with Gasteiger partial charge in [0.05, 0.1) is 19.3 Å². The quantitative estimate of drug-likeness (QED) is 0.309. The fourth-order valence-corrected chi connectivity index (χ4v) is 5.50. The average Bonchev–Trinajstić information content (AvgIpc) is 2.90. The lowest BCUT2D eigenvalue weighted by atomic mass is 9.90. The Labute approximate surface area is 220 Å². The van der Waals surface area contributed by atoms with Crippen LogP contribution in [-0.2, 0) is 17.8 Å². The lowest BCUT2D eigenvalue weighted by Gasteiger charge is -2.41. The van der Waals surface area contributed by atoms with Crippen LogP contribution in [0.25, 0.3) is 0 Å². The molecule has 6 nitrogen and oxygen atoms in total. The number of aliphatic hydroxyl groups is 4. The second-order valence-electron chi connectivity index (χ2n) is 8.79. The molecule has 0 bridgehead atoms. The predicted molar refractivity (Wildman–Crippen MR) is 141 cm³/mol. The largest absolute Gasteiger partial charge is 0.494 e. The lowest BCUT2D eigenvalue weighted by Crippen LogP contribution is -2.54. The van der Waals surface area contributed by atoms with Crippen molar-refractivity contribution in [2.24, 2.45) is 0 Å². The van der Waals surface area contributed by atoms with Crippen molar-refractivity contribution >= 4 is 23.4 Å². The van der Waals surface area contributed by atoms with Gasteiger partial charge in [0.1, 0.15) is 30.2 Å². The van der Waals surface area contributed by atoms with Crippen LogP contribution < -0.4 is 4.74 Å². The number of thioether (sulfide) groups is 1. The van der Waals surface area contributed by atoms with Gasteiger partial charge in [-0.1, -0.05) is 48.0 Å². The van der Waals surface area contributed by atoms with E-state index < -0.39 is 30.5 Å². The zero-order valence-electron chi connectivity index (χ0n) is 20.0. The van der Waals surface area contributed by atoms with E-state index in [-0.39, 0.29) is 6.61 Å². The summed E-state index contributed by atoms with van der Waals surface area (Å²) in [6.45, 7) is 2.49. The highest BCUT2D eigenvalue weighted by Gasteiger charge is 2.44. The average molecular weight is 531 g/mol. The molecule has 1 aliphatic rings. The SMILES string of the molecule is CCOc1ccc(Cc2cc([C@@H]3O[C@H](CSc4cccc(CO)c4)[C@@H](O)[C@H](O)[C@H]3O)ccc2Cl)cc1. The van der Waals surface area contributed by atoms with Gasteiger partial charge >= 0.3 is 0 Å². The van der Waals surface area contributed by atoms with Crippen LogP contribution in [0.1, 0.15) is 35.3 Å². The second kappa shape index (κ2) is 12.4. The maximum atomic E-state index is 10.7. The number of hydrogen-bond acceptors (Lipinski definition) is 7. The molecule has 1 heterocycles. The molecular formula is C28H31ClO6S. The van der Waals surface area contributed by atoms with Crippen molar-refractivity contribution in [1.29, 1.82) is 0 Å². The second-order valence-corrected chi connectivity index (χ2v) is 10.3. The van der Waals surface area contributed by atoms with E-state index in [1.54, 1.807) is 12.1 Å². The number of aliphatic hydroxyl groups excluding tert-OH is 4. The molecular weight excluding hydrogens is 500 g/mol. The molecule has 192 valence electrons. The van der Waals surface area contributed by atoms with Gasteiger partial charge in [0, 0.05) is 15.7 Å². The van der Waals surface area contributed by atoms with Gasteiger partial charge in [-0.2, -0.15) is 0 Å². The van der Waals surface area contributed by atoms with Crippen molar-refractivity contribution in [2.75, 3.05) is 12.4 Å². The van der Waals surface area contributed by atoms with Crippen LogP contribution in [0.2, 0.25) is 5.02 Å². The molecule has 0 aromatic heterocycles. The summed E-state index contributed by atoms with van der Waals surface area (Å²) >= 11 is 7.94.